The van der Waals surface area contributed by atoms with Crippen molar-refractivity contribution < 1.29 is 19.1 Å². The second-order valence-corrected chi connectivity index (χ2v) is 8.51. The van der Waals surface area contributed by atoms with Crippen LogP contribution in [0, 0.1) is 5.92 Å². The van der Waals surface area contributed by atoms with Gasteiger partial charge in [0.2, 0.25) is 11.8 Å². The molecular weight excluding hydrogens is 514 g/mol. The van der Waals surface area contributed by atoms with E-state index in [1.54, 1.807) is 6.92 Å². The van der Waals surface area contributed by atoms with Crippen molar-refractivity contribution in [3.63, 3.8) is 0 Å². The molecule has 2 amide bonds. The molecule has 5 nitrogen and oxygen atoms in total. The van der Waals surface area contributed by atoms with Crippen molar-refractivity contribution >= 4 is 49.6 Å². The van der Waals surface area contributed by atoms with E-state index < -0.39 is 23.8 Å². The second-order valence-electron chi connectivity index (χ2n) is 6.68. The lowest BCUT2D eigenvalue weighted by atomic mass is 9.96. The van der Waals surface area contributed by atoms with Crippen molar-refractivity contribution in [3.8, 4) is 0 Å². The van der Waals surface area contributed by atoms with Gasteiger partial charge >= 0.3 is 5.97 Å². The fourth-order valence-corrected chi connectivity index (χ4v) is 4.00. The molecule has 2 aromatic rings. The third-order valence-corrected chi connectivity index (χ3v) is 5.90. The van der Waals surface area contributed by atoms with Gasteiger partial charge in [-0.25, -0.2) is 4.79 Å². The highest BCUT2D eigenvalue weighted by atomic mass is 79.9. The molecule has 3 rings (SSSR count). The summed E-state index contributed by atoms with van der Waals surface area (Å²) in [4.78, 5) is 39.8. The predicted octanol–water partition coefficient (Wildman–Crippen LogP) is 4.95. The Kier molecular flexibility index (Phi) is 7.08. The first-order chi connectivity index (χ1) is 14.4. The molecule has 1 fully saturated rings. The number of rotatable bonds is 6. The molecule has 0 aromatic heterocycles. The number of hydrogen-bond donors (Lipinski definition) is 0. The number of amides is 2. The molecule has 0 N–H and O–H groups in total. The summed E-state index contributed by atoms with van der Waals surface area (Å²) in [6.45, 7) is 5.34. The van der Waals surface area contributed by atoms with E-state index in [1.165, 1.54) is 4.90 Å². The molecule has 0 radical (unpaired) electrons. The molecule has 1 aliphatic rings. The number of halogens is 2. The average Bonchev–Trinajstić information content (AvgIpc) is 3.00. The molecule has 1 atom stereocenters. The first kappa shape index (κ1) is 22.2. The SMILES string of the molecule is C=C=C(C(=O)OCC)[C@H]1CC(=O)N(C(c2ccc(Br)cc2)c2ccc(Br)cc2)C1=O. The number of likely N-dealkylation sites (tertiary alicyclic amines) is 1. The largest absolute Gasteiger partial charge is 0.462 e. The summed E-state index contributed by atoms with van der Waals surface area (Å²) in [6.07, 6.45) is -0.126. The van der Waals surface area contributed by atoms with Crippen LogP contribution in [-0.2, 0) is 19.1 Å². The lowest BCUT2D eigenvalue weighted by Crippen LogP contribution is -2.36. The Morgan fingerprint density at radius 3 is 2.03 bits per heavy atom. The number of carbonyl (C=O) groups excluding carboxylic acids is 3. The van der Waals surface area contributed by atoms with E-state index in [9.17, 15) is 14.4 Å². The number of hydrogen-bond acceptors (Lipinski definition) is 4. The van der Waals surface area contributed by atoms with Crippen molar-refractivity contribution in [2.24, 2.45) is 5.92 Å². The van der Waals surface area contributed by atoms with Crippen molar-refractivity contribution in [1.29, 1.82) is 0 Å². The topological polar surface area (TPSA) is 63.7 Å². The minimum absolute atomic E-state index is 0.0111. The van der Waals surface area contributed by atoms with Gasteiger partial charge in [0.05, 0.1) is 24.1 Å². The Labute approximate surface area is 191 Å². The molecule has 0 bridgehead atoms. The number of esters is 1. The molecule has 0 saturated carbocycles. The molecule has 1 saturated heterocycles. The van der Waals surface area contributed by atoms with Crippen molar-refractivity contribution in [2.75, 3.05) is 6.61 Å². The maximum absolute atomic E-state index is 13.3. The zero-order valence-corrected chi connectivity index (χ0v) is 19.4. The summed E-state index contributed by atoms with van der Waals surface area (Å²) in [7, 11) is 0. The van der Waals surface area contributed by atoms with Crippen molar-refractivity contribution in [3.05, 3.63) is 86.5 Å². The zero-order valence-electron chi connectivity index (χ0n) is 16.2. The quantitative estimate of drug-likeness (QED) is 0.228. The van der Waals surface area contributed by atoms with E-state index in [0.717, 1.165) is 20.1 Å². The van der Waals surface area contributed by atoms with Crippen molar-refractivity contribution in [2.45, 2.75) is 19.4 Å². The smallest absolute Gasteiger partial charge is 0.342 e. The molecule has 0 unspecified atom stereocenters. The first-order valence-corrected chi connectivity index (χ1v) is 10.9. The highest BCUT2D eigenvalue weighted by Gasteiger charge is 2.46. The Morgan fingerprint density at radius 2 is 1.60 bits per heavy atom. The lowest BCUT2D eigenvalue weighted by molar-refractivity contribution is -0.144. The first-order valence-electron chi connectivity index (χ1n) is 9.31. The van der Waals surface area contributed by atoms with Crippen molar-refractivity contribution in [1.82, 2.24) is 4.90 Å². The van der Waals surface area contributed by atoms with E-state index in [2.05, 4.69) is 44.2 Å². The van der Waals surface area contributed by atoms with Gasteiger partial charge in [-0.1, -0.05) is 62.7 Å². The van der Waals surface area contributed by atoms with E-state index in [0.29, 0.717) is 0 Å². The Bertz CT molecular complexity index is 979. The van der Waals surface area contributed by atoms with Crippen LogP contribution in [0.1, 0.15) is 30.5 Å². The van der Waals surface area contributed by atoms with Crippen LogP contribution in [0.4, 0.5) is 0 Å². The standard InChI is InChI=1S/C23H19Br2NO4/c1-3-18(23(29)30-4-2)19-13-20(27)26(22(19)28)21(14-5-9-16(24)10-6-14)15-7-11-17(25)12-8-15/h5-12,19,21H,1,4,13H2,2H3/t19-/m1/s1. The summed E-state index contributed by atoms with van der Waals surface area (Å²) in [5.41, 5.74) is 4.06. The van der Waals surface area contributed by atoms with E-state index in [1.807, 2.05) is 48.5 Å². The maximum Gasteiger partial charge on any atom is 0.342 e. The van der Waals surface area contributed by atoms with Gasteiger partial charge in [0.15, 0.2) is 0 Å². The summed E-state index contributed by atoms with van der Waals surface area (Å²) in [5.74, 6) is -2.46. The van der Waals surface area contributed by atoms with Crippen LogP contribution in [0.2, 0.25) is 0 Å². The van der Waals surface area contributed by atoms with E-state index >= 15 is 0 Å². The molecular formula is C23H19Br2NO4. The molecule has 1 aliphatic heterocycles. The lowest BCUT2D eigenvalue weighted by Gasteiger charge is -2.28. The van der Waals surface area contributed by atoms with Crippen LogP contribution in [0.3, 0.4) is 0 Å². The van der Waals surface area contributed by atoms with Gasteiger partial charge in [-0.2, -0.15) is 0 Å². The zero-order chi connectivity index (χ0) is 21.8. The maximum atomic E-state index is 13.3. The number of imide groups is 1. The van der Waals surface area contributed by atoms with Gasteiger partial charge in [0, 0.05) is 15.4 Å². The molecule has 0 aliphatic carbocycles. The van der Waals surface area contributed by atoms with Gasteiger partial charge in [-0.05, 0) is 42.3 Å². The number of carbonyl (C=O) groups is 3. The van der Waals surface area contributed by atoms with Gasteiger partial charge in [0.25, 0.3) is 0 Å². The number of nitrogens with zero attached hydrogens (tertiary/aromatic N) is 1. The summed E-state index contributed by atoms with van der Waals surface area (Å²) in [5, 5.41) is 0. The Hall–Kier alpha value is -2.47. The van der Waals surface area contributed by atoms with Gasteiger partial charge in [-0.3, -0.25) is 14.5 Å². The molecule has 154 valence electrons. The third kappa shape index (κ3) is 4.48. The van der Waals surface area contributed by atoms with Gasteiger partial charge < -0.3 is 4.74 Å². The minimum Gasteiger partial charge on any atom is -0.462 e. The number of ether oxygens (including phenoxy) is 1. The second kappa shape index (κ2) is 9.56. The van der Waals surface area contributed by atoms with Crippen LogP contribution < -0.4 is 0 Å². The van der Waals surface area contributed by atoms with E-state index in [4.69, 9.17) is 4.74 Å². The fraction of sp³-hybridized carbons (Fsp3) is 0.217. The predicted molar refractivity (Wildman–Crippen MR) is 119 cm³/mol. The summed E-state index contributed by atoms with van der Waals surface area (Å²) in [6, 6.07) is 14.3. The van der Waals surface area contributed by atoms with E-state index in [-0.39, 0.29) is 24.5 Å². The molecule has 1 heterocycles. The number of benzene rings is 2. The monoisotopic (exact) mass is 531 g/mol. The minimum atomic E-state index is -0.956. The highest BCUT2D eigenvalue weighted by molar-refractivity contribution is 9.10. The van der Waals surface area contributed by atoms with Gasteiger partial charge in [-0.15, -0.1) is 5.73 Å². The van der Waals surface area contributed by atoms with Crippen LogP contribution in [0.5, 0.6) is 0 Å². The normalized spacial score (nSPS) is 16.0. The Balaban J connectivity index is 2.05. The molecule has 30 heavy (non-hydrogen) atoms. The summed E-state index contributed by atoms with van der Waals surface area (Å²) < 4.78 is 6.78. The molecule has 2 aromatic carbocycles. The summed E-state index contributed by atoms with van der Waals surface area (Å²) >= 11 is 6.83. The molecule has 0 spiro atoms. The van der Waals surface area contributed by atoms with Crippen LogP contribution in [0.15, 0.2) is 75.4 Å². The Morgan fingerprint density at radius 1 is 1.10 bits per heavy atom. The molecule has 7 heteroatoms. The van der Waals surface area contributed by atoms with Crippen LogP contribution in [-0.4, -0.2) is 29.3 Å². The van der Waals surface area contributed by atoms with Crippen LogP contribution >= 0.6 is 31.9 Å². The van der Waals surface area contributed by atoms with Crippen LogP contribution in [0.25, 0.3) is 0 Å². The average molecular weight is 533 g/mol. The highest BCUT2D eigenvalue weighted by Crippen LogP contribution is 2.38. The van der Waals surface area contributed by atoms with Gasteiger partial charge in [0.1, 0.15) is 0 Å². The third-order valence-electron chi connectivity index (χ3n) is 4.85. The fourth-order valence-electron chi connectivity index (χ4n) is 3.48.